The van der Waals surface area contributed by atoms with Crippen LogP contribution in [0.15, 0.2) is 24.3 Å². The minimum absolute atomic E-state index is 0.0567. The van der Waals surface area contributed by atoms with E-state index in [9.17, 15) is 9.59 Å². The lowest BCUT2D eigenvalue weighted by atomic mass is 10.1. The molecule has 4 nitrogen and oxygen atoms in total. The third kappa shape index (κ3) is 4.75. The summed E-state index contributed by atoms with van der Waals surface area (Å²) in [7, 11) is 0. The molecule has 0 aromatic heterocycles. The molecule has 1 rings (SSSR count). The predicted octanol–water partition coefficient (Wildman–Crippen LogP) is 3.46. The third-order valence-electron chi connectivity index (χ3n) is 1.97. The van der Waals surface area contributed by atoms with Crippen LogP contribution < -0.4 is 5.32 Å². The fourth-order valence-electron chi connectivity index (χ4n) is 1.24. The Bertz CT molecular complexity index is 435. The summed E-state index contributed by atoms with van der Waals surface area (Å²) >= 11 is 5.44. The van der Waals surface area contributed by atoms with Crippen LogP contribution in [0.3, 0.4) is 0 Å². The Labute approximate surface area is 111 Å². The number of anilines is 1. The first kappa shape index (κ1) is 14.5. The Morgan fingerprint density at radius 3 is 2.22 bits per heavy atom. The van der Waals surface area contributed by atoms with Crippen LogP contribution in [-0.4, -0.2) is 23.4 Å². The van der Waals surface area contributed by atoms with Crippen molar-refractivity contribution in [2.24, 2.45) is 0 Å². The average Bonchev–Trinajstić information content (AvgIpc) is 2.26. The number of carbonyl (C=O) groups is 2. The summed E-state index contributed by atoms with van der Waals surface area (Å²) in [5.41, 5.74) is 0.536. The number of alkyl halides is 1. The number of Topliss-reactive ketones (excluding diaryl/α,β-unsaturated/α-hetero) is 1. The van der Waals surface area contributed by atoms with Crippen LogP contribution in [0.4, 0.5) is 10.5 Å². The first-order valence-electron chi connectivity index (χ1n) is 5.51. The molecule has 0 bridgehead atoms. The number of hydrogen-bond acceptors (Lipinski definition) is 3. The monoisotopic (exact) mass is 269 g/mol. The molecule has 1 aromatic carbocycles. The van der Waals surface area contributed by atoms with E-state index in [0.717, 1.165) is 0 Å². The van der Waals surface area contributed by atoms with Crippen molar-refractivity contribution in [2.75, 3.05) is 11.2 Å². The van der Waals surface area contributed by atoms with Crippen molar-refractivity contribution in [3.8, 4) is 0 Å². The molecule has 0 radical (unpaired) electrons. The molecule has 0 aliphatic heterocycles. The Hall–Kier alpha value is -1.55. The molecule has 0 saturated heterocycles. The van der Waals surface area contributed by atoms with E-state index in [1.54, 1.807) is 45.0 Å². The van der Waals surface area contributed by atoms with Crippen LogP contribution in [-0.2, 0) is 4.74 Å². The molecule has 0 spiro atoms. The number of rotatable bonds is 3. The van der Waals surface area contributed by atoms with Gasteiger partial charge >= 0.3 is 6.09 Å². The van der Waals surface area contributed by atoms with Gasteiger partial charge in [0.15, 0.2) is 5.78 Å². The largest absolute Gasteiger partial charge is 0.444 e. The molecule has 98 valence electrons. The predicted molar refractivity (Wildman–Crippen MR) is 71.3 cm³/mol. The highest BCUT2D eigenvalue weighted by Crippen LogP contribution is 2.13. The number of nitrogens with one attached hydrogen (secondary N) is 1. The molecule has 18 heavy (non-hydrogen) atoms. The average molecular weight is 270 g/mol. The van der Waals surface area contributed by atoms with Gasteiger partial charge in [0.2, 0.25) is 0 Å². The Morgan fingerprint density at radius 2 is 1.78 bits per heavy atom. The molecule has 5 heteroatoms. The van der Waals surface area contributed by atoms with Crippen LogP contribution in [0.2, 0.25) is 0 Å². The molecule has 0 saturated carbocycles. The van der Waals surface area contributed by atoms with Gasteiger partial charge in [-0.15, -0.1) is 11.6 Å². The number of hydrogen-bond donors (Lipinski definition) is 1. The van der Waals surface area contributed by atoms with Crippen molar-refractivity contribution in [2.45, 2.75) is 26.4 Å². The highest BCUT2D eigenvalue weighted by atomic mass is 35.5. The summed E-state index contributed by atoms with van der Waals surface area (Å²) in [6.07, 6.45) is -0.529. The second-order valence-corrected chi connectivity index (χ2v) is 5.03. The van der Waals surface area contributed by atoms with Crippen molar-refractivity contribution in [1.82, 2.24) is 0 Å². The molecule has 0 atom stereocenters. The van der Waals surface area contributed by atoms with Crippen molar-refractivity contribution in [3.63, 3.8) is 0 Å². The summed E-state index contributed by atoms with van der Waals surface area (Å²) in [5, 5.41) is 2.58. The molecular weight excluding hydrogens is 254 g/mol. The van der Waals surface area contributed by atoms with Gasteiger partial charge in [0.1, 0.15) is 5.60 Å². The van der Waals surface area contributed by atoms with Crippen LogP contribution >= 0.6 is 11.6 Å². The lowest BCUT2D eigenvalue weighted by Crippen LogP contribution is -2.27. The maximum Gasteiger partial charge on any atom is 0.412 e. The van der Waals surface area contributed by atoms with Gasteiger partial charge in [-0.05, 0) is 45.0 Å². The molecule has 0 aliphatic carbocycles. The highest BCUT2D eigenvalue weighted by molar-refractivity contribution is 6.30. The SMILES string of the molecule is CC(C)(C)OC(=O)Nc1ccc(C(=O)CCl)cc1. The van der Waals surface area contributed by atoms with Gasteiger partial charge in [-0.3, -0.25) is 10.1 Å². The van der Waals surface area contributed by atoms with Gasteiger partial charge in [-0.1, -0.05) is 0 Å². The lowest BCUT2D eigenvalue weighted by molar-refractivity contribution is 0.0636. The number of ether oxygens (including phenoxy) is 1. The van der Waals surface area contributed by atoms with Crippen LogP contribution in [0.25, 0.3) is 0 Å². The van der Waals surface area contributed by atoms with Gasteiger partial charge < -0.3 is 4.74 Å². The van der Waals surface area contributed by atoms with E-state index in [4.69, 9.17) is 16.3 Å². The minimum atomic E-state index is -0.543. The molecule has 0 aliphatic rings. The minimum Gasteiger partial charge on any atom is -0.444 e. The summed E-state index contributed by atoms with van der Waals surface area (Å²) in [6, 6.07) is 6.47. The van der Waals surface area contributed by atoms with Gasteiger partial charge in [0.05, 0.1) is 5.88 Å². The van der Waals surface area contributed by atoms with E-state index in [-0.39, 0.29) is 11.7 Å². The topological polar surface area (TPSA) is 55.4 Å². The normalized spacial score (nSPS) is 10.9. The zero-order chi connectivity index (χ0) is 13.8. The molecule has 0 unspecified atom stereocenters. The third-order valence-corrected chi connectivity index (χ3v) is 2.22. The van der Waals surface area contributed by atoms with E-state index >= 15 is 0 Å². The molecule has 0 fully saturated rings. The second-order valence-electron chi connectivity index (χ2n) is 4.76. The first-order valence-corrected chi connectivity index (χ1v) is 6.04. The number of carbonyl (C=O) groups excluding carboxylic acids is 2. The number of benzene rings is 1. The molecule has 1 aromatic rings. The van der Waals surface area contributed by atoms with Crippen LogP contribution in [0.1, 0.15) is 31.1 Å². The highest BCUT2D eigenvalue weighted by Gasteiger charge is 2.16. The van der Waals surface area contributed by atoms with E-state index in [0.29, 0.717) is 11.3 Å². The fraction of sp³-hybridized carbons (Fsp3) is 0.385. The Kier molecular flexibility index (Phi) is 4.73. The summed E-state index contributed by atoms with van der Waals surface area (Å²) in [6.45, 7) is 5.36. The van der Waals surface area contributed by atoms with Crippen molar-refractivity contribution in [1.29, 1.82) is 0 Å². The summed E-state index contributed by atoms with van der Waals surface area (Å²) < 4.78 is 5.10. The van der Waals surface area contributed by atoms with Gasteiger partial charge in [0, 0.05) is 11.3 Å². The first-order chi connectivity index (χ1) is 8.31. The van der Waals surface area contributed by atoms with E-state index in [2.05, 4.69) is 5.32 Å². The van der Waals surface area contributed by atoms with Crippen molar-refractivity contribution >= 4 is 29.2 Å². The molecule has 1 N–H and O–H groups in total. The van der Waals surface area contributed by atoms with Crippen molar-refractivity contribution in [3.05, 3.63) is 29.8 Å². The lowest BCUT2D eigenvalue weighted by Gasteiger charge is -2.19. The Balaban J connectivity index is 2.64. The summed E-state index contributed by atoms with van der Waals surface area (Å²) in [5.74, 6) is -0.209. The number of amides is 1. The van der Waals surface area contributed by atoms with Gasteiger partial charge in [-0.25, -0.2) is 4.79 Å². The van der Waals surface area contributed by atoms with E-state index < -0.39 is 11.7 Å². The van der Waals surface area contributed by atoms with Gasteiger partial charge in [-0.2, -0.15) is 0 Å². The smallest absolute Gasteiger partial charge is 0.412 e. The van der Waals surface area contributed by atoms with Gasteiger partial charge in [0.25, 0.3) is 0 Å². The van der Waals surface area contributed by atoms with Crippen LogP contribution in [0.5, 0.6) is 0 Å². The zero-order valence-corrected chi connectivity index (χ0v) is 11.4. The maximum atomic E-state index is 11.5. The van der Waals surface area contributed by atoms with Crippen LogP contribution in [0, 0.1) is 0 Å². The van der Waals surface area contributed by atoms with E-state index in [1.165, 1.54) is 0 Å². The Morgan fingerprint density at radius 1 is 1.22 bits per heavy atom. The van der Waals surface area contributed by atoms with Crippen molar-refractivity contribution < 1.29 is 14.3 Å². The molecule has 0 heterocycles. The zero-order valence-electron chi connectivity index (χ0n) is 10.6. The summed E-state index contributed by atoms with van der Waals surface area (Å²) in [4.78, 5) is 22.8. The second kappa shape index (κ2) is 5.87. The standard InChI is InChI=1S/C13H16ClNO3/c1-13(2,3)18-12(17)15-10-6-4-9(5-7-10)11(16)8-14/h4-7H,8H2,1-3H3,(H,15,17). The number of halogens is 1. The molecular formula is C13H16ClNO3. The molecule has 1 amide bonds. The van der Waals surface area contributed by atoms with E-state index in [1.807, 2.05) is 0 Å². The maximum absolute atomic E-state index is 11.5. The number of ketones is 1. The quantitative estimate of drug-likeness (QED) is 0.675. The fourth-order valence-corrected chi connectivity index (χ4v) is 1.39.